The van der Waals surface area contributed by atoms with Crippen LogP contribution in [0, 0.1) is 6.92 Å². The quantitative estimate of drug-likeness (QED) is 0.594. The van der Waals surface area contributed by atoms with Crippen LogP contribution in [-0.2, 0) is 26.1 Å². The Bertz CT molecular complexity index is 1050. The average Bonchev–Trinajstić information content (AvgIpc) is 2.72. The lowest BCUT2D eigenvalue weighted by Gasteiger charge is -2.26. The standard InChI is InChI=1S/C20H21Cl2NO6S/c1-13-3-4-18(27-2)14(9-13)12-29-20(24)15-10-19(17(22)11-16(15)21)30(25,26)23-5-7-28-8-6-23/h3-4,9-11H,5-8,12H2,1-2H3. The first-order valence-electron chi connectivity index (χ1n) is 9.11. The smallest absolute Gasteiger partial charge is 0.340 e. The van der Waals surface area contributed by atoms with Gasteiger partial charge in [-0.1, -0.05) is 34.8 Å². The normalized spacial score (nSPS) is 15.1. The van der Waals surface area contributed by atoms with Crippen molar-refractivity contribution in [3.05, 3.63) is 57.1 Å². The minimum atomic E-state index is -3.91. The number of methoxy groups -OCH3 is 1. The van der Waals surface area contributed by atoms with Crippen LogP contribution >= 0.6 is 23.2 Å². The highest BCUT2D eigenvalue weighted by molar-refractivity contribution is 7.89. The van der Waals surface area contributed by atoms with Gasteiger partial charge in [0.2, 0.25) is 10.0 Å². The monoisotopic (exact) mass is 473 g/mol. The zero-order valence-corrected chi connectivity index (χ0v) is 18.8. The number of hydrogen-bond donors (Lipinski definition) is 0. The molecule has 1 saturated heterocycles. The highest BCUT2D eigenvalue weighted by atomic mass is 35.5. The molecule has 0 amide bonds. The summed E-state index contributed by atoms with van der Waals surface area (Å²) in [5, 5.41) is -0.0643. The highest BCUT2D eigenvalue weighted by Gasteiger charge is 2.30. The lowest BCUT2D eigenvalue weighted by Crippen LogP contribution is -2.40. The number of carbonyl (C=O) groups excluding carboxylic acids is 1. The Morgan fingerprint density at radius 3 is 2.50 bits per heavy atom. The van der Waals surface area contributed by atoms with Gasteiger partial charge in [0.05, 0.1) is 35.9 Å². The van der Waals surface area contributed by atoms with E-state index in [0.717, 1.165) is 11.6 Å². The van der Waals surface area contributed by atoms with Gasteiger partial charge in [0, 0.05) is 18.7 Å². The van der Waals surface area contributed by atoms with Gasteiger partial charge in [0.1, 0.15) is 17.3 Å². The van der Waals surface area contributed by atoms with Gasteiger partial charge in [0.15, 0.2) is 0 Å². The second-order valence-corrected chi connectivity index (χ2v) is 9.39. The number of nitrogens with zero attached hydrogens (tertiary/aromatic N) is 1. The molecule has 1 aliphatic rings. The van der Waals surface area contributed by atoms with E-state index in [2.05, 4.69) is 0 Å². The van der Waals surface area contributed by atoms with Crippen LogP contribution in [0.1, 0.15) is 21.5 Å². The number of ether oxygens (including phenoxy) is 3. The molecule has 0 atom stereocenters. The summed E-state index contributed by atoms with van der Waals surface area (Å²) in [5.41, 5.74) is 1.57. The Hall–Kier alpha value is -1.84. The average molecular weight is 474 g/mol. The molecular formula is C20H21Cl2NO6S. The van der Waals surface area contributed by atoms with E-state index in [1.54, 1.807) is 6.07 Å². The molecule has 0 radical (unpaired) electrons. The summed E-state index contributed by atoms with van der Waals surface area (Å²) in [5.74, 6) is -0.190. The first-order chi connectivity index (χ1) is 14.2. The van der Waals surface area contributed by atoms with Gasteiger partial charge in [-0.25, -0.2) is 13.2 Å². The van der Waals surface area contributed by atoms with Crippen LogP contribution < -0.4 is 4.74 Å². The van der Waals surface area contributed by atoms with Crippen LogP contribution in [0.3, 0.4) is 0 Å². The Labute approximate surface area is 185 Å². The molecule has 1 heterocycles. The van der Waals surface area contributed by atoms with E-state index < -0.39 is 16.0 Å². The third kappa shape index (κ3) is 4.90. The van der Waals surface area contributed by atoms with Crippen molar-refractivity contribution in [2.45, 2.75) is 18.4 Å². The first kappa shape index (κ1) is 22.8. The second kappa shape index (κ2) is 9.53. The molecule has 10 heteroatoms. The topological polar surface area (TPSA) is 82.1 Å². The van der Waals surface area contributed by atoms with E-state index >= 15 is 0 Å². The van der Waals surface area contributed by atoms with Crippen LogP contribution in [-0.4, -0.2) is 52.1 Å². The molecule has 0 bridgehead atoms. The highest BCUT2D eigenvalue weighted by Crippen LogP contribution is 2.32. The van der Waals surface area contributed by atoms with Crippen molar-refractivity contribution < 1.29 is 27.4 Å². The molecule has 162 valence electrons. The minimum Gasteiger partial charge on any atom is -0.496 e. The molecule has 3 rings (SSSR count). The molecule has 2 aromatic carbocycles. The number of hydrogen-bond acceptors (Lipinski definition) is 6. The van der Waals surface area contributed by atoms with Crippen LogP contribution in [0.4, 0.5) is 0 Å². The van der Waals surface area contributed by atoms with Gasteiger partial charge in [-0.05, 0) is 31.2 Å². The van der Waals surface area contributed by atoms with Crippen molar-refractivity contribution in [3.63, 3.8) is 0 Å². The van der Waals surface area contributed by atoms with Crippen molar-refractivity contribution in [2.24, 2.45) is 0 Å². The van der Waals surface area contributed by atoms with Crippen LogP contribution in [0.5, 0.6) is 5.75 Å². The molecule has 1 fully saturated rings. The van der Waals surface area contributed by atoms with Gasteiger partial charge >= 0.3 is 5.97 Å². The fraction of sp³-hybridized carbons (Fsp3) is 0.350. The third-order valence-corrected chi connectivity index (χ3v) is 7.30. The zero-order chi connectivity index (χ0) is 21.9. The number of benzene rings is 2. The largest absolute Gasteiger partial charge is 0.496 e. The Morgan fingerprint density at radius 2 is 1.83 bits per heavy atom. The predicted molar refractivity (Wildman–Crippen MR) is 113 cm³/mol. The molecule has 0 spiro atoms. The SMILES string of the molecule is COc1ccc(C)cc1COC(=O)c1cc(S(=O)(=O)N2CCOCC2)c(Cl)cc1Cl. The second-order valence-electron chi connectivity index (χ2n) is 6.67. The molecule has 1 aliphatic heterocycles. The van der Waals surface area contributed by atoms with Gasteiger partial charge < -0.3 is 14.2 Å². The number of halogens is 2. The van der Waals surface area contributed by atoms with Gasteiger partial charge in [0.25, 0.3) is 0 Å². The third-order valence-electron chi connectivity index (χ3n) is 4.62. The molecule has 30 heavy (non-hydrogen) atoms. The minimum absolute atomic E-state index is 0.00198. The van der Waals surface area contributed by atoms with Gasteiger partial charge in [-0.3, -0.25) is 0 Å². The van der Waals surface area contributed by atoms with Crippen molar-refractivity contribution >= 4 is 39.2 Å². The number of morpholine rings is 1. The van der Waals surface area contributed by atoms with E-state index in [1.165, 1.54) is 17.5 Å². The van der Waals surface area contributed by atoms with Crippen molar-refractivity contribution in [3.8, 4) is 5.75 Å². The summed E-state index contributed by atoms with van der Waals surface area (Å²) in [6.45, 7) is 2.83. The van der Waals surface area contributed by atoms with Crippen LogP contribution in [0.2, 0.25) is 10.0 Å². The molecule has 2 aromatic rings. The summed E-state index contributed by atoms with van der Waals surface area (Å²) in [6, 6.07) is 7.89. The maximum absolute atomic E-state index is 13.0. The molecule has 7 nitrogen and oxygen atoms in total. The lowest BCUT2D eigenvalue weighted by molar-refractivity contribution is 0.0470. The van der Waals surface area contributed by atoms with E-state index in [0.29, 0.717) is 11.3 Å². The summed E-state index contributed by atoms with van der Waals surface area (Å²) in [4.78, 5) is 12.5. The van der Waals surface area contributed by atoms with E-state index in [4.69, 9.17) is 37.4 Å². The molecule has 0 saturated carbocycles. The predicted octanol–water partition coefficient (Wildman–Crippen LogP) is 3.69. The Balaban J connectivity index is 1.86. The number of aryl methyl sites for hydroxylation is 1. The molecular weight excluding hydrogens is 453 g/mol. The Morgan fingerprint density at radius 1 is 1.13 bits per heavy atom. The van der Waals surface area contributed by atoms with Crippen molar-refractivity contribution in [2.75, 3.05) is 33.4 Å². The number of sulfonamides is 1. The molecule has 0 unspecified atom stereocenters. The fourth-order valence-corrected chi connectivity index (χ4v) is 5.28. The van der Waals surface area contributed by atoms with Gasteiger partial charge in [-0.2, -0.15) is 4.31 Å². The van der Waals surface area contributed by atoms with E-state index in [1.807, 2.05) is 19.1 Å². The number of esters is 1. The van der Waals surface area contributed by atoms with E-state index in [9.17, 15) is 13.2 Å². The maximum Gasteiger partial charge on any atom is 0.340 e. The van der Waals surface area contributed by atoms with Gasteiger partial charge in [-0.15, -0.1) is 0 Å². The van der Waals surface area contributed by atoms with E-state index in [-0.39, 0.29) is 53.4 Å². The molecule has 0 aromatic heterocycles. The van der Waals surface area contributed by atoms with Crippen molar-refractivity contribution in [1.82, 2.24) is 4.31 Å². The number of carbonyl (C=O) groups is 1. The zero-order valence-electron chi connectivity index (χ0n) is 16.5. The molecule has 0 aliphatic carbocycles. The van der Waals surface area contributed by atoms with Crippen LogP contribution in [0.25, 0.3) is 0 Å². The summed E-state index contributed by atoms with van der Waals surface area (Å²) >= 11 is 12.3. The number of rotatable bonds is 6. The molecule has 0 N–H and O–H groups in total. The summed E-state index contributed by atoms with van der Waals surface area (Å²) in [7, 11) is -2.39. The lowest BCUT2D eigenvalue weighted by atomic mass is 10.1. The Kier molecular flexibility index (Phi) is 7.26. The van der Waals surface area contributed by atoms with Crippen LogP contribution in [0.15, 0.2) is 35.2 Å². The maximum atomic E-state index is 13.0. The summed E-state index contributed by atoms with van der Waals surface area (Å²) < 4.78 is 43.0. The first-order valence-corrected chi connectivity index (χ1v) is 11.3. The fourth-order valence-electron chi connectivity index (χ4n) is 3.05. The summed E-state index contributed by atoms with van der Waals surface area (Å²) in [6.07, 6.45) is 0. The van der Waals surface area contributed by atoms with Crippen molar-refractivity contribution in [1.29, 1.82) is 0 Å².